The Hall–Kier alpha value is 3.82. The van der Waals surface area contributed by atoms with Crippen LogP contribution in [0.2, 0.25) is 0 Å². The van der Waals surface area contributed by atoms with E-state index in [9.17, 15) is 0 Å². The maximum absolute atomic E-state index is 0. The fraction of sp³-hybridized carbons (Fsp3) is 0. The first-order valence-electron chi connectivity index (χ1n) is 0. The van der Waals surface area contributed by atoms with Crippen molar-refractivity contribution in [1.29, 1.82) is 0 Å². The van der Waals surface area contributed by atoms with E-state index in [-0.39, 0.29) is 115 Å². The molecule has 0 aromatic heterocycles. The van der Waals surface area contributed by atoms with Crippen molar-refractivity contribution in [3.05, 3.63) is 0 Å². The fourth-order valence-electron chi connectivity index (χ4n) is 0. The van der Waals surface area contributed by atoms with Crippen LogP contribution in [-0.4, -0.2) is 23.1 Å². The van der Waals surface area contributed by atoms with E-state index < -0.39 is 0 Å². The van der Waals surface area contributed by atoms with Crippen molar-refractivity contribution >= 4 is 23.1 Å². The Balaban J connectivity index is 0. The molecule has 1 radical (unpaired) electrons. The third-order valence-corrected chi connectivity index (χ3v) is 0. The summed E-state index contributed by atoms with van der Waals surface area (Å²) in [5, 5.41) is 0. The predicted molar refractivity (Wildman–Crippen MR) is 8.54 cm³/mol. The van der Waals surface area contributed by atoms with Gasteiger partial charge in [-0.3, -0.25) is 0 Å². The first-order valence-corrected chi connectivity index (χ1v) is 0. The summed E-state index contributed by atoms with van der Waals surface area (Å²) in [6.07, 6.45) is 0. The summed E-state index contributed by atoms with van der Waals surface area (Å²) in [6.45, 7) is 0. The van der Waals surface area contributed by atoms with Gasteiger partial charge in [-0.1, -0.05) is 0 Å². The van der Waals surface area contributed by atoms with Crippen LogP contribution in [0.5, 0.6) is 0 Å². The standard InChI is InChI=1S/Gd.Mg.Y.Zn.2H. The molecule has 0 spiro atoms. The molecule has 0 aliphatic rings. The van der Waals surface area contributed by atoms with Crippen LogP contribution in [0, 0.1) is 39.9 Å². The molecule has 0 rings (SSSR count). The van der Waals surface area contributed by atoms with Crippen LogP contribution in [0.25, 0.3) is 0 Å². The zero-order chi connectivity index (χ0) is 0. The fourth-order valence-corrected chi connectivity index (χ4v) is 0. The van der Waals surface area contributed by atoms with Gasteiger partial charge < -0.3 is 0 Å². The number of rotatable bonds is 0. The molecule has 17 valence electrons. The quantitative estimate of drug-likeness (QED) is 0.502. The molecule has 0 bridgehead atoms. The minimum Gasteiger partial charge on any atom is 0 e. The van der Waals surface area contributed by atoms with Crippen LogP contribution in [-0.2, 0) is 52.2 Å². The van der Waals surface area contributed by atoms with E-state index in [1.54, 1.807) is 0 Å². The SMILES string of the molecule is [Gd].[MgH2].[Y].[Zn]. The largest absolute Gasteiger partial charge is 0.316 e. The molecular formula is H2GdMgYZn. The monoisotopic (exact) mass is 337 g/mol. The average molecular weight is 338 g/mol. The Labute approximate surface area is 112 Å². The summed E-state index contributed by atoms with van der Waals surface area (Å²) in [4.78, 5) is 0. The van der Waals surface area contributed by atoms with E-state index in [0.29, 0.717) is 0 Å². The summed E-state index contributed by atoms with van der Waals surface area (Å²) in [5.74, 6) is 0. The van der Waals surface area contributed by atoms with Gasteiger partial charge in [-0.25, -0.2) is 0 Å². The molecule has 4 heavy (non-hydrogen) atoms. The van der Waals surface area contributed by atoms with E-state index in [2.05, 4.69) is 0 Å². The van der Waals surface area contributed by atoms with Gasteiger partial charge >= 0.3 is 23.1 Å². The van der Waals surface area contributed by atoms with Crippen molar-refractivity contribution in [2.24, 2.45) is 0 Å². The summed E-state index contributed by atoms with van der Waals surface area (Å²) in [7, 11) is 0. The Bertz CT molecular complexity index is 8.00. The smallest absolute Gasteiger partial charge is 0 e. The zero-order valence-electron chi connectivity index (χ0n) is 1.64. The van der Waals surface area contributed by atoms with E-state index in [1.807, 2.05) is 0 Å². The molecular weight excluding hydrogens is 336 g/mol. The molecule has 0 saturated carbocycles. The van der Waals surface area contributed by atoms with Crippen LogP contribution in [0.1, 0.15) is 0 Å². The Morgan fingerprint density at radius 2 is 1.00 bits per heavy atom. The van der Waals surface area contributed by atoms with Crippen molar-refractivity contribution < 1.29 is 92.1 Å². The van der Waals surface area contributed by atoms with Gasteiger partial charge in [-0.15, -0.1) is 0 Å². The normalized spacial score (nSPS) is 0. The molecule has 0 unspecified atom stereocenters. The zero-order valence-corrected chi connectivity index (χ0v) is 9.71. The summed E-state index contributed by atoms with van der Waals surface area (Å²) < 4.78 is 0. The van der Waals surface area contributed by atoms with Gasteiger partial charge in [0, 0.05) is 92.1 Å². The topological polar surface area (TPSA) is 0 Å². The summed E-state index contributed by atoms with van der Waals surface area (Å²) in [5.41, 5.74) is 0. The van der Waals surface area contributed by atoms with Crippen LogP contribution >= 0.6 is 0 Å². The molecule has 0 aromatic rings. The van der Waals surface area contributed by atoms with Crippen molar-refractivity contribution in [1.82, 2.24) is 0 Å². The third kappa shape index (κ3) is 9.26. The number of hydrogen-bond donors (Lipinski definition) is 0. The molecule has 0 saturated heterocycles. The maximum atomic E-state index is 0. The van der Waals surface area contributed by atoms with E-state index in [4.69, 9.17) is 0 Å². The van der Waals surface area contributed by atoms with Gasteiger partial charge in [0.2, 0.25) is 0 Å². The van der Waals surface area contributed by atoms with Crippen molar-refractivity contribution in [2.45, 2.75) is 0 Å². The van der Waals surface area contributed by atoms with Crippen molar-refractivity contribution in [2.75, 3.05) is 0 Å². The second-order valence-electron chi connectivity index (χ2n) is 0. The minimum atomic E-state index is 0. The van der Waals surface area contributed by atoms with Crippen LogP contribution < -0.4 is 0 Å². The molecule has 0 aliphatic carbocycles. The van der Waals surface area contributed by atoms with Crippen molar-refractivity contribution in [3.63, 3.8) is 0 Å². The molecule has 0 aromatic carbocycles. The molecule has 4 heteroatoms. The Morgan fingerprint density at radius 3 is 1.00 bits per heavy atom. The number of hydrogen-bond acceptors (Lipinski definition) is 0. The van der Waals surface area contributed by atoms with Gasteiger partial charge in [-0.05, 0) is 0 Å². The van der Waals surface area contributed by atoms with E-state index in [1.165, 1.54) is 0 Å². The molecule has 0 fully saturated rings. The van der Waals surface area contributed by atoms with Crippen LogP contribution in [0.15, 0.2) is 0 Å². The van der Waals surface area contributed by atoms with Crippen LogP contribution in [0.4, 0.5) is 0 Å². The van der Waals surface area contributed by atoms with Gasteiger partial charge in [0.05, 0.1) is 0 Å². The predicted octanol–water partition coefficient (Wildman–Crippen LogP) is -0.921. The Kier molecular flexibility index (Phi) is 98.7. The summed E-state index contributed by atoms with van der Waals surface area (Å²) >= 11 is 0. The molecule has 0 N–H and O–H groups in total. The minimum absolute atomic E-state index is 0. The third-order valence-electron chi connectivity index (χ3n) is 0. The van der Waals surface area contributed by atoms with Gasteiger partial charge in [0.25, 0.3) is 0 Å². The van der Waals surface area contributed by atoms with Crippen LogP contribution in [0.3, 0.4) is 0 Å². The summed E-state index contributed by atoms with van der Waals surface area (Å²) in [6, 6.07) is 0. The van der Waals surface area contributed by atoms with Gasteiger partial charge in [-0.2, -0.15) is 0 Å². The second kappa shape index (κ2) is 15.8. The maximum Gasteiger partial charge on any atom is 0.316 e. The molecule has 0 heterocycles. The van der Waals surface area contributed by atoms with Gasteiger partial charge in [0.15, 0.2) is 0 Å². The molecule has 0 aliphatic heterocycles. The molecule has 0 nitrogen and oxygen atoms in total. The van der Waals surface area contributed by atoms with Crippen molar-refractivity contribution in [3.8, 4) is 0 Å². The first-order chi connectivity index (χ1) is 0. The first kappa shape index (κ1) is 24.9. The van der Waals surface area contributed by atoms with E-state index in [0.717, 1.165) is 0 Å². The van der Waals surface area contributed by atoms with Gasteiger partial charge in [0.1, 0.15) is 0 Å². The second-order valence-corrected chi connectivity index (χ2v) is 0. The van der Waals surface area contributed by atoms with E-state index >= 15 is 0 Å². The average Bonchev–Trinajstić information content (AvgIpc) is 0. The molecule has 0 atom stereocenters. The Morgan fingerprint density at radius 1 is 1.00 bits per heavy atom. The molecule has 0 amide bonds.